The van der Waals surface area contributed by atoms with E-state index in [1.807, 2.05) is 12.1 Å². The molecular weight excluding hydrogens is 272 g/mol. The van der Waals surface area contributed by atoms with Gasteiger partial charge in [0.15, 0.2) is 0 Å². The molecule has 2 N–H and O–H groups in total. The Bertz CT molecular complexity index is 704. The van der Waals surface area contributed by atoms with Crippen LogP contribution in [-0.4, -0.2) is 16.3 Å². The molecule has 4 atom stereocenters. The predicted molar refractivity (Wildman–Crippen MR) is 86.5 cm³/mol. The topological polar surface area (TPSA) is 40.5 Å². The molecule has 1 unspecified atom stereocenters. The lowest BCUT2D eigenvalue weighted by atomic mass is 9.57. The summed E-state index contributed by atoms with van der Waals surface area (Å²) in [6, 6.07) is 5.91. The van der Waals surface area contributed by atoms with Gasteiger partial charge in [-0.05, 0) is 79.7 Å². The summed E-state index contributed by atoms with van der Waals surface area (Å²) in [5.74, 6) is 1.12. The summed E-state index contributed by atoms with van der Waals surface area (Å²) in [6.07, 6.45) is 7.78. The quantitative estimate of drug-likeness (QED) is 0.820. The number of phenolic OH excluding ortho intramolecular Hbond substituents is 1. The third-order valence-corrected chi connectivity index (χ3v) is 7.55. The number of phenols is 1. The van der Waals surface area contributed by atoms with Crippen molar-refractivity contribution in [1.29, 1.82) is 0 Å². The van der Waals surface area contributed by atoms with Crippen LogP contribution in [0.15, 0.2) is 23.8 Å². The molecular formula is C20H24O2. The lowest BCUT2D eigenvalue weighted by Gasteiger charge is -2.48. The van der Waals surface area contributed by atoms with Gasteiger partial charge in [0, 0.05) is 10.8 Å². The first-order valence-corrected chi connectivity index (χ1v) is 8.85. The molecule has 0 bridgehead atoms. The van der Waals surface area contributed by atoms with Crippen LogP contribution in [0.3, 0.4) is 0 Å². The molecule has 1 spiro atoms. The van der Waals surface area contributed by atoms with Gasteiger partial charge in [0.25, 0.3) is 0 Å². The van der Waals surface area contributed by atoms with Crippen molar-refractivity contribution in [3.63, 3.8) is 0 Å². The highest BCUT2D eigenvalue weighted by molar-refractivity contribution is 5.77. The van der Waals surface area contributed by atoms with E-state index >= 15 is 0 Å². The fourth-order valence-corrected chi connectivity index (χ4v) is 6.58. The molecule has 2 nitrogen and oxygen atoms in total. The normalized spacial score (nSPS) is 41.5. The largest absolute Gasteiger partial charge is 0.508 e. The maximum atomic E-state index is 10.7. The minimum absolute atomic E-state index is 0.0912. The number of rotatable bonds is 1. The lowest BCUT2D eigenvalue weighted by molar-refractivity contribution is -0.00686. The highest BCUT2D eigenvalue weighted by Gasteiger charge is 2.75. The van der Waals surface area contributed by atoms with Crippen LogP contribution in [0.2, 0.25) is 0 Å². The number of allylic oxidation sites excluding steroid dienone is 2. The number of fused-ring (bicyclic) bond motifs is 2. The Labute approximate surface area is 131 Å². The standard InChI is InChI=1S/C20H24O2/c1-2-19-8-7-16-15-5-4-14(21)9-12(15)3-6-17(16)20(19)11-13(20)10-18(19)22/h4-5,9,13,18,21-22H,2-3,6-8,10-11H2,1H3/t13-,18-,19-,20?/m1/s1. The van der Waals surface area contributed by atoms with Crippen molar-refractivity contribution in [2.24, 2.45) is 16.7 Å². The Morgan fingerprint density at radius 1 is 1.23 bits per heavy atom. The number of aliphatic hydroxyl groups is 1. The monoisotopic (exact) mass is 296 g/mol. The summed E-state index contributed by atoms with van der Waals surface area (Å²) in [7, 11) is 0. The Balaban J connectivity index is 1.70. The zero-order chi connectivity index (χ0) is 15.1. The molecule has 0 heterocycles. The van der Waals surface area contributed by atoms with Crippen LogP contribution in [0.4, 0.5) is 0 Å². The molecule has 1 aromatic rings. The summed E-state index contributed by atoms with van der Waals surface area (Å²) >= 11 is 0. The summed E-state index contributed by atoms with van der Waals surface area (Å²) in [5, 5.41) is 20.5. The van der Waals surface area contributed by atoms with Crippen molar-refractivity contribution >= 4 is 5.57 Å². The van der Waals surface area contributed by atoms with E-state index in [9.17, 15) is 10.2 Å². The van der Waals surface area contributed by atoms with Gasteiger partial charge >= 0.3 is 0 Å². The van der Waals surface area contributed by atoms with Gasteiger partial charge in [-0.25, -0.2) is 0 Å². The van der Waals surface area contributed by atoms with Gasteiger partial charge in [0.05, 0.1) is 6.10 Å². The van der Waals surface area contributed by atoms with Gasteiger partial charge in [0.2, 0.25) is 0 Å². The van der Waals surface area contributed by atoms with Crippen molar-refractivity contribution in [2.75, 3.05) is 0 Å². The van der Waals surface area contributed by atoms with E-state index in [0.29, 0.717) is 11.2 Å². The van der Waals surface area contributed by atoms with E-state index in [2.05, 4.69) is 13.0 Å². The van der Waals surface area contributed by atoms with Crippen LogP contribution in [0.25, 0.3) is 5.57 Å². The average Bonchev–Trinajstić information content (AvgIpc) is 3.15. The van der Waals surface area contributed by atoms with Crippen LogP contribution in [-0.2, 0) is 6.42 Å². The van der Waals surface area contributed by atoms with E-state index in [4.69, 9.17) is 0 Å². The summed E-state index contributed by atoms with van der Waals surface area (Å²) in [4.78, 5) is 0. The molecule has 2 saturated carbocycles. The van der Waals surface area contributed by atoms with Crippen molar-refractivity contribution in [3.8, 4) is 5.75 Å². The second-order valence-electron chi connectivity index (χ2n) is 7.93. The van der Waals surface area contributed by atoms with Gasteiger partial charge in [-0.15, -0.1) is 0 Å². The highest BCUT2D eigenvalue weighted by Crippen LogP contribution is 2.81. The predicted octanol–water partition coefficient (Wildman–Crippen LogP) is 4.05. The zero-order valence-corrected chi connectivity index (χ0v) is 13.2. The van der Waals surface area contributed by atoms with Crippen molar-refractivity contribution < 1.29 is 10.2 Å². The maximum Gasteiger partial charge on any atom is 0.115 e. The average molecular weight is 296 g/mol. The third-order valence-electron chi connectivity index (χ3n) is 7.55. The van der Waals surface area contributed by atoms with E-state index < -0.39 is 0 Å². The number of hydrogen-bond donors (Lipinski definition) is 2. The Kier molecular flexibility index (Phi) is 2.38. The number of benzene rings is 1. The zero-order valence-electron chi connectivity index (χ0n) is 13.2. The van der Waals surface area contributed by atoms with Gasteiger partial charge < -0.3 is 10.2 Å². The van der Waals surface area contributed by atoms with Crippen LogP contribution >= 0.6 is 0 Å². The van der Waals surface area contributed by atoms with Crippen molar-refractivity contribution in [1.82, 2.24) is 0 Å². The van der Waals surface area contributed by atoms with E-state index in [1.54, 1.807) is 11.1 Å². The Morgan fingerprint density at radius 2 is 2.09 bits per heavy atom. The van der Waals surface area contributed by atoms with E-state index in [-0.39, 0.29) is 11.5 Å². The summed E-state index contributed by atoms with van der Waals surface area (Å²) < 4.78 is 0. The van der Waals surface area contributed by atoms with Gasteiger partial charge in [0.1, 0.15) is 5.75 Å². The number of aryl methyl sites for hydroxylation is 1. The fraction of sp³-hybridized carbons (Fsp3) is 0.600. The molecule has 4 aliphatic carbocycles. The molecule has 0 amide bonds. The highest BCUT2D eigenvalue weighted by atomic mass is 16.3. The first-order chi connectivity index (χ1) is 10.6. The summed E-state index contributed by atoms with van der Waals surface area (Å²) in [5.41, 5.74) is 6.41. The molecule has 4 aliphatic rings. The molecule has 2 fully saturated rings. The maximum absolute atomic E-state index is 10.7. The lowest BCUT2D eigenvalue weighted by Crippen LogP contribution is -2.43. The van der Waals surface area contributed by atoms with E-state index in [1.165, 1.54) is 17.5 Å². The molecule has 2 heteroatoms. The fourth-order valence-electron chi connectivity index (χ4n) is 6.58. The third kappa shape index (κ3) is 1.28. The van der Waals surface area contributed by atoms with Gasteiger partial charge in [-0.1, -0.05) is 18.6 Å². The molecule has 0 radical (unpaired) electrons. The molecule has 1 aromatic carbocycles. The Hall–Kier alpha value is -1.28. The SMILES string of the molecule is CC[C@]12CCC3=C(CCc4cc(O)ccc43)C13C[C@H]3C[C@H]2O. The molecule has 0 aromatic heterocycles. The molecule has 5 rings (SSSR count). The van der Waals surface area contributed by atoms with Crippen molar-refractivity contribution in [2.45, 2.75) is 58.0 Å². The second kappa shape index (κ2) is 3.97. The van der Waals surface area contributed by atoms with Crippen LogP contribution in [0.1, 0.15) is 56.6 Å². The molecule has 22 heavy (non-hydrogen) atoms. The first-order valence-electron chi connectivity index (χ1n) is 8.85. The van der Waals surface area contributed by atoms with Crippen LogP contribution in [0.5, 0.6) is 5.75 Å². The number of aromatic hydroxyl groups is 1. The minimum Gasteiger partial charge on any atom is -0.508 e. The number of aliphatic hydroxyl groups excluding tert-OH is 1. The number of hydrogen-bond acceptors (Lipinski definition) is 2. The Morgan fingerprint density at radius 3 is 2.91 bits per heavy atom. The molecule has 0 saturated heterocycles. The van der Waals surface area contributed by atoms with Gasteiger partial charge in [-0.2, -0.15) is 0 Å². The van der Waals surface area contributed by atoms with Crippen LogP contribution in [0, 0.1) is 16.7 Å². The van der Waals surface area contributed by atoms with Gasteiger partial charge in [-0.3, -0.25) is 0 Å². The first kappa shape index (κ1) is 13.2. The molecule has 0 aliphatic heterocycles. The summed E-state index contributed by atoms with van der Waals surface area (Å²) in [6.45, 7) is 2.28. The van der Waals surface area contributed by atoms with E-state index in [0.717, 1.165) is 44.4 Å². The van der Waals surface area contributed by atoms with Crippen LogP contribution < -0.4 is 0 Å². The second-order valence-corrected chi connectivity index (χ2v) is 7.93. The smallest absolute Gasteiger partial charge is 0.115 e. The van der Waals surface area contributed by atoms with Crippen molar-refractivity contribution in [3.05, 3.63) is 34.9 Å². The molecule has 116 valence electrons. The minimum atomic E-state index is -0.0912.